The number of hydrogen-bond donors (Lipinski definition) is 0. The third-order valence-corrected chi connectivity index (χ3v) is 11.7. The molecule has 0 aromatic rings. The van der Waals surface area contributed by atoms with Crippen LogP contribution in [0.1, 0.15) is 278 Å². The number of azide groups is 1. The van der Waals surface area contributed by atoms with Crippen molar-refractivity contribution in [1.29, 1.82) is 0 Å². The van der Waals surface area contributed by atoms with Crippen molar-refractivity contribution in [3.8, 4) is 0 Å². The monoisotopic (exact) mass is 762 g/mol. The molecule has 0 radical (unpaired) electrons. The molecule has 0 aromatic carbocycles. The van der Waals surface area contributed by atoms with Crippen LogP contribution in [0.15, 0.2) is 5.11 Å². The molecule has 5 nitrogen and oxygen atoms in total. The van der Waals surface area contributed by atoms with Crippen LogP contribution >= 0.6 is 0 Å². The van der Waals surface area contributed by atoms with Gasteiger partial charge in [0.2, 0.25) is 0 Å². The van der Waals surface area contributed by atoms with Crippen LogP contribution in [0.2, 0.25) is 0 Å². The van der Waals surface area contributed by atoms with Crippen LogP contribution in [0.3, 0.4) is 0 Å². The van der Waals surface area contributed by atoms with Gasteiger partial charge in [-0.05, 0) is 18.4 Å². The maximum atomic E-state index is 8.91. The first kappa shape index (κ1) is 53.2. The van der Waals surface area contributed by atoms with Crippen molar-refractivity contribution in [3.05, 3.63) is 10.4 Å². The Bertz CT molecular complexity index is 692. The van der Waals surface area contributed by atoms with Crippen LogP contribution in [0.25, 0.3) is 10.4 Å². The largest absolute Gasteiger partial charge is 0.381 e. The Labute approximate surface area is 340 Å². The van der Waals surface area contributed by atoms with Gasteiger partial charge >= 0.3 is 0 Å². The lowest BCUT2D eigenvalue weighted by molar-refractivity contribution is -0.00997. The lowest BCUT2D eigenvalue weighted by Crippen LogP contribution is -2.32. The van der Waals surface area contributed by atoms with Gasteiger partial charge in [-0.25, -0.2) is 0 Å². The minimum atomic E-state index is -0.243. The van der Waals surface area contributed by atoms with Gasteiger partial charge < -0.3 is 9.47 Å². The zero-order valence-electron chi connectivity index (χ0n) is 37.5. The second kappa shape index (κ2) is 46.6. The summed E-state index contributed by atoms with van der Waals surface area (Å²) in [5.74, 6) is 0. The van der Waals surface area contributed by atoms with Gasteiger partial charge in [0, 0.05) is 30.1 Å². The van der Waals surface area contributed by atoms with Gasteiger partial charge in [-0.3, -0.25) is 0 Å². The molecule has 0 bridgehead atoms. The van der Waals surface area contributed by atoms with Gasteiger partial charge in [0.25, 0.3) is 0 Å². The van der Waals surface area contributed by atoms with E-state index in [1.54, 1.807) is 0 Å². The van der Waals surface area contributed by atoms with Crippen LogP contribution < -0.4 is 0 Å². The summed E-state index contributed by atoms with van der Waals surface area (Å²) in [6.45, 7) is 9.96. The third-order valence-electron chi connectivity index (χ3n) is 11.7. The first-order valence-electron chi connectivity index (χ1n) is 24.8. The van der Waals surface area contributed by atoms with Crippen molar-refractivity contribution < 1.29 is 9.47 Å². The first-order chi connectivity index (χ1) is 26.7. The molecule has 0 aliphatic carbocycles. The molecule has 54 heavy (non-hydrogen) atoms. The molecule has 0 N–H and O–H groups in total. The van der Waals surface area contributed by atoms with E-state index in [1.165, 1.54) is 244 Å². The molecule has 0 saturated heterocycles. The van der Waals surface area contributed by atoms with Gasteiger partial charge in [-0.2, -0.15) is 0 Å². The SMILES string of the molecule is CCCCCCCCCCCCCCCCCCCCCCOCC(C)(CN=[N+]=[N-])COCCCCCCCCCCCCCCCCCCCCCC. The van der Waals surface area contributed by atoms with Gasteiger partial charge in [0.05, 0.1) is 13.2 Å². The quantitative estimate of drug-likeness (QED) is 0.0268. The summed E-state index contributed by atoms with van der Waals surface area (Å²) in [4.78, 5) is 3.01. The minimum absolute atomic E-state index is 0.243. The molecule has 0 unspecified atom stereocenters. The molecular formula is C49H99N3O2. The van der Waals surface area contributed by atoms with Crippen LogP contribution in [0.4, 0.5) is 0 Å². The molecule has 322 valence electrons. The Morgan fingerprint density at radius 3 is 0.759 bits per heavy atom. The lowest BCUT2D eigenvalue weighted by atomic mass is 9.93. The van der Waals surface area contributed by atoms with Gasteiger partial charge in [-0.15, -0.1) is 0 Å². The summed E-state index contributed by atoms with van der Waals surface area (Å²) in [7, 11) is 0. The molecule has 0 atom stereocenters. The highest BCUT2D eigenvalue weighted by Gasteiger charge is 2.24. The fraction of sp³-hybridized carbons (Fsp3) is 1.00. The Kier molecular flexibility index (Phi) is 45.9. The number of unbranched alkanes of at least 4 members (excludes halogenated alkanes) is 38. The summed E-state index contributed by atoms with van der Waals surface area (Å²) in [6.07, 6.45) is 56.1. The highest BCUT2D eigenvalue weighted by molar-refractivity contribution is 4.77. The zero-order valence-corrected chi connectivity index (χ0v) is 37.5. The van der Waals surface area contributed by atoms with E-state index in [0.29, 0.717) is 19.8 Å². The Morgan fingerprint density at radius 2 is 0.556 bits per heavy atom. The summed E-state index contributed by atoms with van der Waals surface area (Å²) in [6, 6.07) is 0. The highest BCUT2D eigenvalue weighted by atomic mass is 16.5. The topological polar surface area (TPSA) is 67.2 Å². The molecule has 0 spiro atoms. The normalized spacial score (nSPS) is 11.8. The lowest BCUT2D eigenvalue weighted by Gasteiger charge is -2.27. The Hall–Kier alpha value is -0.770. The summed E-state index contributed by atoms with van der Waals surface area (Å²) >= 11 is 0. The molecule has 0 amide bonds. The highest BCUT2D eigenvalue weighted by Crippen LogP contribution is 2.21. The molecule has 0 aliphatic heterocycles. The van der Waals surface area contributed by atoms with Gasteiger partial charge in [0.15, 0.2) is 0 Å². The van der Waals surface area contributed by atoms with Crippen molar-refractivity contribution in [2.45, 2.75) is 278 Å². The number of rotatable bonds is 48. The standard InChI is InChI=1S/C49H99N3O2/c1-4-6-8-10-12-14-16-18-20-22-24-26-28-30-32-34-36-38-40-42-44-53-47-49(3,46-51-52-50)48-54-45-43-41-39-37-35-33-31-29-27-25-23-21-19-17-15-13-11-9-7-5-2/h4-48H2,1-3H3. The smallest absolute Gasteiger partial charge is 0.0543 e. The van der Waals surface area contributed by atoms with E-state index >= 15 is 0 Å². The number of nitrogens with zero attached hydrogens (tertiary/aromatic N) is 3. The third kappa shape index (κ3) is 44.0. The van der Waals surface area contributed by atoms with E-state index < -0.39 is 0 Å². The molecule has 0 heterocycles. The van der Waals surface area contributed by atoms with E-state index in [-0.39, 0.29) is 5.41 Å². The van der Waals surface area contributed by atoms with Crippen molar-refractivity contribution in [2.24, 2.45) is 10.5 Å². The summed E-state index contributed by atoms with van der Waals surface area (Å²) in [5.41, 5.74) is 8.67. The average molecular weight is 762 g/mol. The zero-order chi connectivity index (χ0) is 39.1. The van der Waals surface area contributed by atoms with Crippen molar-refractivity contribution in [2.75, 3.05) is 33.0 Å². The fourth-order valence-corrected chi connectivity index (χ4v) is 7.89. The second-order valence-corrected chi connectivity index (χ2v) is 17.7. The van der Waals surface area contributed by atoms with E-state index in [4.69, 9.17) is 15.0 Å². The maximum Gasteiger partial charge on any atom is 0.0543 e. The molecule has 0 aliphatic rings. The molecular weight excluding hydrogens is 663 g/mol. The van der Waals surface area contributed by atoms with E-state index in [0.717, 1.165) is 26.1 Å². The molecule has 0 aromatic heterocycles. The Morgan fingerprint density at radius 1 is 0.352 bits per heavy atom. The summed E-state index contributed by atoms with van der Waals surface area (Å²) < 4.78 is 12.1. The van der Waals surface area contributed by atoms with E-state index in [2.05, 4.69) is 30.8 Å². The van der Waals surface area contributed by atoms with E-state index in [1.807, 2.05) is 0 Å². The minimum Gasteiger partial charge on any atom is -0.381 e. The maximum absolute atomic E-state index is 8.91. The Balaban J connectivity index is 3.51. The van der Waals surface area contributed by atoms with Crippen LogP contribution in [-0.2, 0) is 9.47 Å². The second-order valence-electron chi connectivity index (χ2n) is 17.7. The van der Waals surface area contributed by atoms with Crippen molar-refractivity contribution >= 4 is 0 Å². The van der Waals surface area contributed by atoms with E-state index in [9.17, 15) is 0 Å². The fourth-order valence-electron chi connectivity index (χ4n) is 7.89. The van der Waals surface area contributed by atoms with Crippen LogP contribution in [0, 0.1) is 5.41 Å². The number of hydrogen-bond acceptors (Lipinski definition) is 3. The predicted molar refractivity (Wildman–Crippen MR) is 240 cm³/mol. The molecule has 5 heteroatoms. The van der Waals surface area contributed by atoms with Gasteiger partial charge in [0.1, 0.15) is 0 Å². The molecule has 0 fully saturated rings. The van der Waals surface area contributed by atoms with Crippen molar-refractivity contribution in [3.63, 3.8) is 0 Å². The average Bonchev–Trinajstić information content (AvgIpc) is 3.18. The molecule has 0 saturated carbocycles. The van der Waals surface area contributed by atoms with Gasteiger partial charge in [-0.1, -0.05) is 270 Å². The number of ether oxygens (including phenoxy) is 2. The molecule has 0 rings (SSSR count). The predicted octanol–water partition coefficient (Wildman–Crippen LogP) is 18.0. The first-order valence-corrected chi connectivity index (χ1v) is 24.8. The van der Waals surface area contributed by atoms with Crippen LogP contribution in [-0.4, -0.2) is 33.0 Å². The van der Waals surface area contributed by atoms with Crippen molar-refractivity contribution in [1.82, 2.24) is 0 Å². The summed E-state index contributed by atoms with van der Waals surface area (Å²) in [5, 5.41) is 3.88. The van der Waals surface area contributed by atoms with Crippen LogP contribution in [0.5, 0.6) is 0 Å².